The Labute approximate surface area is 105 Å². The molecule has 0 atom stereocenters. The summed E-state index contributed by atoms with van der Waals surface area (Å²) in [5, 5.41) is 8.48. The highest BCUT2D eigenvalue weighted by molar-refractivity contribution is 6.32. The molecule has 0 heterocycles. The van der Waals surface area contributed by atoms with Crippen LogP contribution in [0.5, 0.6) is 5.75 Å². The van der Waals surface area contributed by atoms with Crippen LogP contribution in [0.4, 0.5) is 13.2 Å². The molecule has 1 aromatic carbocycles. The Bertz CT molecular complexity index is 483. The molecule has 0 unspecified atom stereocenters. The fraction of sp³-hybridized carbons (Fsp3) is 0.182. The van der Waals surface area contributed by atoms with Crippen LogP contribution in [0.15, 0.2) is 30.4 Å². The number of carbonyl (C=O) groups is 1. The molecule has 0 amide bonds. The van der Waals surface area contributed by atoms with Crippen molar-refractivity contribution in [3.8, 4) is 5.75 Å². The topological polar surface area (TPSA) is 46.5 Å². The van der Waals surface area contributed by atoms with Crippen LogP contribution in [0.1, 0.15) is 5.56 Å². The number of hydrogen-bond donors (Lipinski definition) is 1. The molecule has 1 rings (SSSR count). The van der Waals surface area contributed by atoms with Gasteiger partial charge >= 0.3 is 12.1 Å². The zero-order valence-corrected chi connectivity index (χ0v) is 9.68. The molecule has 0 aromatic heterocycles. The van der Waals surface area contributed by atoms with Gasteiger partial charge in [-0.25, -0.2) is 4.79 Å². The molecule has 98 valence electrons. The van der Waals surface area contributed by atoms with E-state index in [-0.39, 0.29) is 16.3 Å². The molecular formula is C11H8ClF3O3. The van der Waals surface area contributed by atoms with Crippen LogP contribution in [0, 0.1) is 0 Å². The van der Waals surface area contributed by atoms with Gasteiger partial charge in [0.2, 0.25) is 0 Å². The van der Waals surface area contributed by atoms with E-state index in [4.69, 9.17) is 21.4 Å². The van der Waals surface area contributed by atoms with Crippen molar-refractivity contribution in [2.24, 2.45) is 0 Å². The number of ether oxygens (including phenoxy) is 1. The average Bonchev–Trinajstić information content (AvgIpc) is 2.25. The highest BCUT2D eigenvalue weighted by atomic mass is 35.5. The molecule has 7 heteroatoms. The first-order valence-electron chi connectivity index (χ1n) is 4.62. The minimum absolute atomic E-state index is 0.0406. The molecule has 1 N–H and O–H groups in total. The van der Waals surface area contributed by atoms with E-state index < -0.39 is 24.3 Å². The van der Waals surface area contributed by atoms with Gasteiger partial charge in [-0.05, 0) is 18.2 Å². The minimum Gasteiger partial charge on any atom is -0.487 e. The third-order valence-electron chi connectivity index (χ3n) is 1.96. The third kappa shape index (κ3) is 3.66. The van der Waals surface area contributed by atoms with E-state index >= 15 is 0 Å². The zero-order chi connectivity index (χ0) is 13.9. The summed E-state index contributed by atoms with van der Waals surface area (Å²) in [6.45, 7) is 2.73. The minimum atomic E-state index is -4.52. The lowest BCUT2D eigenvalue weighted by Crippen LogP contribution is -2.10. The summed E-state index contributed by atoms with van der Waals surface area (Å²) in [4.78, 5) is 10.4. The molecular weight excluding hydrogens is 273 g/mol. The van der Waals surface area contributed by atoms with E-state index in [1.165, 1.54) is 0 Å². The van der Waals surface area contributed by atoms with Gasteiger partial charge in [-0.1, -0.05) is 18.2 Å². The summed E-state index contributed by atoms with van der Waals surface area (Å²) >= 11 is 5.64. The van der Waals surface area contributed by atoms with Crippen molar-refractivity contribution in [2.45, 2.75) is 6.18 Å². The second-order valence-electron chi connectivity index (χ2n) is 3.34. The van der Waals surface area contributed by atoms with Crippen molar-refractivity contribution in [2.75, 3.05) is 6.61 Å². The monoisotopic (exact) mass is 280 g/mol. The number of halogens is 4. The van der Waals surface area contributed by atoms with Crippen LogP contribution < -0.4 is 4.74 Å². The number of aliphatic carboxylic acids is 1. The molecule has 0 saturated heterocycles. The quantitative estimate of drug-likeness (QED) is 0.860. The maximum absolute atomic E-state index is 12.4. The number of rotatable bonds is 4. The maximum atomic E-state index is 12.4. The standard InChI is InChI=1S/C11H8ClF3O3/c1-6(10(16)17)5-18-9-4-7(11(13,14)15)2-3-8(9)12/h2-4H,1,5H2,(H,16,17). The predicted molar refractivity (Wildman–Crippen MR) is 58.7 cm³/mol. The van der Waals surface area contributed by atoms with Crippen molar-refractivity contribution in [1.82, 2.24) is 0 Å². The molecule has 0 radical (unpaired) electrons. The third-order valence-corrected chi connectivity index (χ3v) is 2.28. The van der Waals surface area contributed by atoms with E-state index in [9.17, 15) is 18.0 Å². The zero-order valence-electron chi connectivity index (χ0n) is 8.92. The Morgan fingerprint density at radius 1 is 1.44 bits per heavy atom. The Kier molecular flexibility index (Phi) is 4.24. The van der Waals surface area contributed by atoms with E-state index in [1.807, 2.05) is 0 Å². The number of carboxylic acids is 1. The Balaban J connectivity index is 2.89. The largest absolute Gasteiger partial charge is 0.487 e. The highest BCUT2D eigenvalue weighted by Gasteiger charge is 2.31. The van der Waals surface area contributed by atoms with Crippen molar-refractivity contribution in [1.29, 1.82) is 0 Å². The van der Waals surface area contributed by atoms with Gasteiger partial charge in [-0.15, -0.1) is 0 Å². The van der Waals surface area contributed by atoms with E-state index in [2.05, 4.69) is 6.58 Å². The molecule has 0 saturated carbocycles. The van der Waals surface area contributed by atoms with Gasteiger partial charge in [0.1, 0.15) is 12.4 Å². The van der Waals surface area contributed by atoms with Crippen molar-refractivity contribution < 1.29 is 27.8 Å². The van der Waals surface area contributed by atoms with Gasteiger partial charge in [-0.2, -0.15) is 13.2 Å². The van der Waals surface area contributed by atoms with Gasteiger partial charge in [0.15, 0.2) is 0 Å². The van der Waals surface area contributed by atoms with E-state index in [0.717, 1.165) is 12.1 Å². The molecule has 0 bridgehead atoms. The summed E-state index contributed by atoms with van der Waals surface area (Å²) in [7, 11) is 0. The molecule has 0 aliphatic carbocycles. The number of hydrogen-bond acceptors (Lipinski definition) is 2. The second kappa shape index (κ2) is 5.30. The first-order chi connectivity index (χ1) is 8.21. The van der Waals surface area contributed by atoms with Crippen molar-refractivity contribution >= 4 is 17.6 Å². The predicted octanol–water partition coefficient (Wildman–Crippen LogP) is 3.38. The fourth-order valence-electron chi connectivity index (χ4n) is 1.02. The summed E-state index contributed by atoms with van der Waals surface area (Å²) in [6, 6.07) is 2.54. The Morgan fingerprint density at radius 3 is 2.56 bits per heavy atom. The lowest BCUT2D eigenvalue weighted by Gasteiger charge is -2.11. The van der Waals surface area contributed by atoms with Gasteiger partial charge < -0.3 is 9.84 Å². The van der Waals surface area contributed by atoms with Crippen LogP contribution in [-0.2, 0) is 11.0 Å². The molecule has 1 aromatic rings. The fourth-order valence-corrected chi connectivity index (χ4v) is 1.19. The highest BCUT2D eigenvalue weighted by Crippen LogP contribution is 2.34. The summed E-state index contributed by atoms with van der Waals surface area (Å²) < 4.78 is 42.1. The summed E-state index contributed by atoms with van der Waals surface area (Å²) in [5.74, 6) is -1.54. The Morgan fingerprint density at radius 2 is 2.06 bits per heavy atom. The molecule has 0 aliphatic heterocycles. The summed E-state index contributed by atoms with van der Waals surface area (Å²) in [5.41, 5.74) is -1.22. The average molecular weight is 281 g/mol. The second-order valence-corrected chi connectivity index (χ2v) is 3.75. The van der Waals surface area contributed by atoms with Crippen LogP contribution in [0.2, 0.25) is 5.02 Å². The molecule has 0 spiro atoms. The van der Waals surface area contributed by atoms with Crippen LogP contribution in [-0.4, -0.2) is 17.7 Å². The molecule has 18 heavy (non-hydrogen) atoms. The summed E-state index contributed by atoms with van der Waals surface area (Å²) in [6.07, 6.45) is -4.52. The normalized spacial score (nSPS) is 11.1. The van der Waals surface area contributed by atoms with Crippen LogP contribution in [0.25, 0.3) is 0 Å². The van der Waals surface area contributed by atoms with E-state index in [0.29, 0.717) is 6.07 Å². The van der Waals surface area contributed by atoms with Gasteiger partial charge in [0, 0.05) is 0 Å². The van der Waals surface area contributed by atoms with Crippen LogP contribution in [0.3, 0.4) is 0 Å². The molecule has 0 fully saturated rings. The van der Waals surface area contributed by atoms with Gasteiger partial charge in [0.05, 0.1) is 16.2 Å². The van der Waals surface area contributed by atoms with Crippen molar-refractivity contribution in [3.63, 3.8) is 0 Å². The lowest BCUT2D eigenvalue weighted by molar-refractivity contribution is -0.138. The first kappa shape index (κ1) is 14.4. The number of carboxylic acid groups (broad SMARTS) is 1. The van der Waals surface area contributed by atoms with E-state index in [1.54, 1.807) is 0 Å². The van der Waals surface area contributed by atoms with Crippen molar-refractivity contribution in [3.05, 3.63) is 40.9 Å². The lowest BCUT2D eigenvalue weighted by atomic mass is 10.2. The van der Waals surface area contributed by atoms with Gasteiger partial charge in [-0.3, -0.25) is 0 Å². The molecule has 0 aliphatic rings. The SMILES string of the molecule is C=C(COc1cc(C(F)(F)F)ccc1Cl)C(=O)O. The Hall–Kier alpha value is -1.69. The number of benzene rings is 1. The smallest absolute Gasteiger partial charge is 0.416 e. The maximum Gasteiger partial charge on any atom is 0.416 e. The molecule has 3 nitrogen and oxygen atoms in total. The first-order valence-corrected chi connectivity index (χ1v) is 5.00. The van der Waals surface area contributed by atoms with Gasteiger partial charge in [0.25, 0.3) is 0 Å². The number of alkyl halides is 3. The van der Waals surface area contributed by atoms with Crippen LogP contribution >= 0.6 is 11.6 Å².